The summed E-state index contributed by atoms with van der Waals surface area (Å²) in [6, 6.07) is 0. The van der Waals surface area contributed by atoms with Gasteiger partial charge < -0.3 is 14.4 Å². The molecule has 0 aliphatic heterocycles. The van der Waals surface area contributed by atoms with Crippen molar-refractivity contribution in [1.82, 2.24) is 0 Å². The van der Waals surface area contributed by atoms with Gasteiger partial charge in [0.25, 0.3) is 0 Å². The first-order valence-electron chi connectivity index (χ1n) is 3.64. The number of nitrogens with zero attached hydrogens (tertiary/aromatic N) is 1. The lowest BCUT2D eigenvalue weighted by atomic mass is 10.3. The maximum Gasteiger partial charge on any atom is 0.459 e. The predicted octanol–water partition coefficient (Wildman–Crippen LogP) is 0.256. The van der Waals surface area contributed by atoms with Gasteiger partial charge in [0, 0.05) is 0 Å². The summed E-state index contributed by atoms with van der Waals surface area (Å²) in [5.74, 6) is -9.20. The summed E-state index contributed by atoms with van der Waals surface area (Å²) >= 11 is 0. The maximum absolute atomic E-state index is 11.3. The molecule has 0 saturated carbocycles. The van der Waals surface area contributed by atoms with Crippen LogP contribution in [0, 0.1) is 0 Å². The normalized spacial score (nSPS) is 12.9. The molecule has 0 N–H and O–H groups in total. The topological polar surface area (TPSA) is 40.1 Å². The summed E-state index contributed by atoms with van der Waals surface area (Å²) in [5, 5.41) is 9.09. The summed E-state index contributed by atoms with van der Waals surface area (Å²) in [5.41, 5.74) is 0. The SMILES string of the molecule is C[N+](C)(C)C.O=C([O-])C(F)(F)C(F)(F)F. The van der Waals surface area contributed by atoms with Crippen molar-refractivity contribution in [2.75, 3.05) is 28.2 Å². The van der Waals surface area contributed by atoms with Gasteiger partial charge in [0.1, 0.15) is 5.97 Å². The standard InChI is InChI=1S/C4H12N.C3HF5O2/c1-5(2,3)4;4-2(5,1(9)10)3(6,7)8/h1-4H3;(H,9,10)/q+1;/p-1. The monoisotopic (exact) mass is 237 g/mol. The van der Waals surface area contributed by atoms with Crippen molar-refractivity contribution in [3.8, 4) is 0 Å². The molecular weight excluding hydrogens is 225 g/mol. The quantitative estimate of drug-likeness (QED) is 0.484. The van der Waals surface area contributed by atoms with Crippen LogP contribution in [-0.4, -0.2) is 50.7 Å². The highest BCUT2D eigenvalue weighted by atomic mass is 19.4. The van der Waals surface area contributed by atoms with E-state index >= 15 is 0 Å². The molecule has 0 heterocycles. The minimum Gasteiger partial charge on any atom is -0.544 e. The van der Waals surface area contributed by atoms with Crippen LogP contribution < -0.4 is 5.11 Å². The lowest BCUT2D eigenvalue weighted by Crippen LogP contribution is -2.51. The molecule has 0 spiro atoms. The molecule has 0 aliphatic carbocycles. The summed E-state index contributed by atoms with van der Waals surface area (Å²) in [6.45, 7) is 0. The first-order chi connectivity index (χ1) is 6.19. The average molecular weight is 237 g/mol. The fraction of sp³-hybridized carbons (Fsp3) is 0.857. The van der Waals surface area contributed by atoms with Crippen LogP contribution in [0.15, 0.2) is 0 Å². The third-order valence-electron chi connectivity index (χ3n) is 0.612. The molecule has 8 heteroatoms. The number of quaternary nitrogens is 1. The number of carbonyl (C=O) groups is 1. The smallest absolute Gasteiger partial charge is 0.459 e. The van der Waals surface area contributed by atoms with Gasteiger partial charge in [0.15, 0.2) is 0 Å². The zero-order valence-corrected chi connectivity index (χ0v) is 8.65. The highest BCUT2D eigenvalue weighted by Crippen LogP contribution is 2.34. The molecule has 0 aromatic rings. The Kier molecular flexibility index (Phi) is 5.21. The highest BCUT2D eigenvalue weighted by molar-refractivity contribution is 5.74. The van der Waals surface area contributed by atoms with Gasteiger partial charge in [-0.05, 0) is 0 Å². The average Bonchev–Trinajstić information content (AvgIpc) is 1.79. The molecule has 0 fully saturated rings. The molecule has 0 atom stereocenters. The van der Waals surface area contributed by atoms with E-state index in [2.05, 4.69) is 28.2 Å². The largest absolute Gasteiger partial charge is 0.544 e. The lowest BCUT2D eigenvalue weighted by Gasteiger charge is -2.19. The second-order valence-electron chi connectivity index (χ2n) is 4.04. The van der Waals surface area contributed by atoms with E-state index in [1.165, 1.54) is 0 Å². The fourth-order valence-corrected chi connectivity index (χ4v) is 0.116. The Labute approximate surface area is 83.7 Å². The molecule has 0 aromatic heterocycles. The van der Waals surface area contributed by atoms with Crippen molar-refractivity contribution in [2.45, 2.75) is 12.1 Å². The second-order valence-corrected chi connectivity index (χ2v) is 4.04. The van der Waals surface area contributed by atoms with E-state index in [4.69, 9.17) is 9.90 Å². The van der Waals surface area contributed by atoms with Crippen LogP contribution in [0.3, 0.4) is 0 Å². The number of aliphatic carboxylic acids is 1. The molecule has 0 aliphatic rings. The molecule has 15 heavy (non-hydrogen) atoms. The molecule has 0 unspecified atom stereocenters. The van der Waals surface area contributed by atoms with E-state index in [1.54, 1.807) is 0 Å². The molecule has 0 radical (unpaired) electrons. The van der Waals surface area contributed by atoms with Gasteiger partial charge in [-0.25, -0.2) is 0 Å². The predicted molar refractivity (Wildman–Crippen MR) is 40.0 cm³/mol. The van der Waals surface area contributed by atoms with Gasteiger partial charge in [-0.15, -0.1) is 0 Å². The van der Waals surface area contributed by atoms with Gasteiger partial charge in [0.2, 0.25) is 0 Å². The van der Waals surface area contributed by atoms with Crippen molar-refractivity contribution < 1.29 is 36.3 Å². The van der Waals surface area contributed by atoms with Crippen molar-refractivity contribution >= 4 is 5.97 Å². The van der Waals surface area contributed by atoms with E-state index in [0.717, 1.165) is 4.48 Å². The van der Waals surface area contributed by atoms with E-state index in [0.29, 0.717) is 0 Å². The van der Waals surface area contributed by atoms with Gasteiger partial charge in [-0.1, -0.05) is 0 Å². The zero-order valence-electron chi connectivity index (χ0n) is 8.65. The van der Waals surface area contributed by atoms with Crippen molar-refractivity contribution in [3.05, 3.63) is 0 Å². The summed E-state index contributed by atoms with van der Waals surface area (Å²) in [7, 11) is 8.50. The van der Waals surface area contributed by atoms with Gasteiger partial charge in [-0.2, -0.15) is 22.0 Å². The summed E-state index contributed by atoms with van der Waals surface area (Å²) in [4.78, 5) is 9.09. The Bertz CT molecular complexity index is 212. The Morgan fingerprint density at radius 1 is 1.00 bits per heavy atom. The van der Waals surface area contributed by atoms with Crippen LogP contribution >= 0.6 is 0 Å². The molecule has 0 amide bonds. The third-order valence-corrected chi connectivity index (χ3v) is 0.612. The number of halogens is 5. The van der Waals surface area contributed by atoms with Crippen LogP contribution in [-0.2, 0) is 4.79 Å². The van der Waals surface area contributed by atoms with E-state index in [1.807, 2.05) is 0 Å². The van der Waals surface area contributed by atoms with Crippen LogP contribution in [0.1, 0.15) is 0 Å². The molecule has 92 valence electrons. The molecule has 0 bridgehead atoms. The number of carbonyl (C=O) groups excluding carboxylic acids is 1. The number of hydrogen-bond acceptors (Lipinski definition) is 2. The molecule has 0 rings (SSSR count). The lowest BCUT2D eigenvalue weighted by molar-refractivity contribution is -0.849. The second kappa shape index (κ2) is 4.73. The minimum atomic E-state index is -6.08. The maximum atomic E-state index is 11.3. The van der Waals surface area contributed by atoms with Crippen LogP contribution in [0.2, 0.25) is 0 Å². The number of hydrogen-bond donors (Lipinski definition) is 0. The Morgan fingerprint density at radius 3 is 1.20 bits per heavy atom. The van der Waals surface area contributed by atoms with E-state index in [-0.39, 0.29) is 0 Å². The molecule has 3 nitrogen and oxygen atoms in total. The Morgan fingerprint density at radius 2 is 1.20 bits per heavy atom. The van der Waals surface area contributed by atoms with E-state index < -0.39 is 18.1 Å². The number of alkyl halides is 5. The molecule has 0 aromatic carbocycles. The zero-order chi connectivity index (χ0) is 13.1. The molecular formula is C7H12F5NO2. The number of carboxylic acid groups (broad SMARTS) is 1. The number of rotatable bonds is 1. The Balaban J connectivity index is 0. The third kappa shape index (κ3) is 8.10. The van der Waals surface area contributed by atoms with Crippen molar-refractivity contribution in [2.24, 2.45) is 0 Å². The first kappa shape index (κ1) is 16.5. The number of carboxylic acids is 1. The van der Waals surface area contributed by atoms with Crippen LogP contribution in [0.4, 0.5) is 22.0 Å². The van der Waals surface area contributed by atoms with Crippen molar-refractivity contribution in [3.63, 3.8) is 0 Å². The van der Waals surface area contributed by atoms with Crippen LogP contribution in [0.5, 0.6) is 0 Å². The minimum absolute atomic E-state index is 1.00. The Hall–Kier alpha value is -0.920. The van der Waals surface area contributed by atoms with Gasteiger partial charge >= 0.3 is 12.1 Å². The fourth-order valence-electron chi connectivity index (χ4n) is 0.116. The molecule has 0 saturated heterocycles. The van der Waals surface area contributed by atoms with Gasteiger partial charge in [0.05, 0.1) is 28.2 Å². The first-order valence-corrected chi connectivity index (χ1v) is 3.64. The summed E-state index contributed by atoms with van der Waals surface area (Å²) in [6.07, 6.45) is -6.08. The van der Waals surface area contributed by atoms with Crippen LogP contribution in [0.25, 0.3) is 0 Å². The van der Waals surface area contributed by atoms with Gasteiger partial charge in [-0.3, -0.25) is 0 Å². The van der Waals surface area contributed by atoms with E-state index in [9.17, 15) is 22.0 Å². The summed E-state index contributed by atoms with van der Waals surface area (Å²) < 4.78 is 56.3. The highest BCUT2D eigenvalue weighted by Gasteiger charge is 2.58. The van der Waals surface area contributed by atoms with Crippen molar-refractivity contribution in [1.29, 1.82) is 0 Å².